The normalized spacial score (nSPS) is 23.1. The van der Waals surface area contributed by atoms with Crippen molar-refractivity contribution in [3.8, 4) is 0 Å². The predicted octanol–water partition coefficient (Wildman–Crippen LogP) is 2.38. The maximum atomic E-state index is 12.6. The fourth-order valence-corrected chi connectivity index (χ4v) is 3.87. The molecule has 1 amide bonds. The second-order valence-electron chi connectivity index (χ2n) is 7.78. The summed E-state index contributed by atoms with van der Waals surface area (Å²) < 4.78 is 10.8. The van der Waals surface area contributed by atoms with Crippen molar-refractivity contribution in [3.05, 3.63) is 17.5 Å². The van der Waals surface area contributed by atoms with E-state index in [0.29, 0.717) is 18.5 Å². The Bertz CT molecular complexity index is 552. The van der Waals surface area contributed by atoms with Gasteiger partial charge in [-0.3, -0.25) is 9.69 Å². The van der Waals surface area contributed by atoms with E-state index in [0.717, 1.165) is 69.9 Å². The smallest absolute Gasteiger partial charge is 0.224 e. The fraction of sp³-hybridized carbons (Fsp3) is 0.789. The van der Waals surface area contributed by atoms with Gasteiger partial charge in [-0.2, -0.15) is 0 Å². The Morgan fingerprint density at radius 3 is 2.92 bits per heavy atom. The molecular weight excluding hydrogens is 318 g/mol. The summed E-state index contributed by atoms with van der Waals surface area (Å²) >= 11 is 0. The van der Waals surface area contributed by atoms with Gasteiger partial charge in [-0.15, -0.1) is 0 Å². The third-order valence-corrected chi connectivity index (χ3v) is 5.19. The number of amides is 1. The third kappa shape index (κ3) is 5.28. The van der Waals surface area contributed by atoms with Crippen molar-refractivity contribution >= 4 is 5.91 Å². The average molecular weight is 349 g/mol. The van der Waals surface area contributed by atoms with Crippen molar-refractivity contribution in [2.24, 2.45) is 11.8 Å². The second kappa shape index (κ2) is 8.81. The number of ether oxygens (including phenoxy) is 1. The van der Waals surface area contributed by atoms with Gasteiger partial charge in [0.15, 0.2) is 5.76 Å². The summed E-state index contributed by atoms with van der Waals surface area (Å²) in [4.78, 5) is 15.1. The molecule has 3 rings (SSSR count). The highest BCUT2D eigenvalue weighted by molar-refractivity contribution is 5.78. The van der Waals surface area contributed by atoms with Crippen LogP contribution in [0.1, 0.15) is 51.0 Å². The van der Waals surface area contributed by atoms with E-state index < -0.39 is 0 Å². The zero-order chi connectivity index (χ0) is 17.6. The topological polar surface area (TPSA) is 67.6 Å². The van der Waals surface area contributed by atoms with E-state index in [9.17, 15) is 4.79 Å². The number of nitrogens with zero attached hydrogens (tertiary/aromatic N) is 2. The first-order valence-corrected chi connectivity index (χ1v) is 9.66. The van der Waals surface area contributed by atoms with Crippen molar-refractivity contribution in [1.82, 2.24) is 15.4 Å². The summed E-state index contributed by atoms with van der Waals surface area (Å²) in [6.07, 6.45) is 5.15. The Morgan fingerprint density at radius 2 is 2.16 bits per heavy atom. The molecule has 140 valence electrons. The molecule has 0 unspecified atom stereocenters. The predicted molar refractivity (Wildman–Crippen MR) is 95.0 cm³/mol. The Balaban J connectivity index is 1.46. The van der Waals surface area contributed by atoms with Crippen molar-refractivity contribution in [2.75, 3.05) is 26.3 Å². The van der Waals surface area contributed by atoms with Crippen molar-refractivity contribution in [3.63, 3.8) is 0 Å². The number of aromatic nitrogens is 1. The Hall–Kier alpha value is -1.40. The molecule has 2 fully saturated rings. The molecule has 0 aliphatic carbocycles. The van der Waals surface area contributed by atoms with Crippen molar-refractivity contribution in [2.45, 2.75) is 58.5 Å². The van der Waals surface area contributed by atoms with Gasteiger partial charge in [-0.05, 0) is 44.6 Å². The van der Waals surface area contributed by atoms with E-state index in [4.69, 9.17) is 9.26 Å². The van der Waals surface area contributed by atoms with Crippen LogP contribution < -0.4 is 5.32 Å². The number of carbonyl (C=O) groups is 1. The van der Waals surface area contributed by atoms with Crippen LogP contribution in [0.5, 0.6) is 0 Å². The fourth-order valence-electron chi connectivity index (χ4n) is 3.87. The van der Waals surface area contributed by atoms with Crippen LogP contribution in [0.4, 0.5) is 0 Å². The molecule has 25 heavy (non-hydrogen) atoms. The summed E-state index contributed by atoms with van der Waals surface area (Å²) in [5, 5.41) is 7.11. The number of piperidine rings is 1. The summed E-state index contributed by atoms with van der Waals surface area (Å²) in [5.41, 5.74) is 0.961. The maximum Gasteiger partial charge on any atom is 0.224 e. The quantitative estimate of drug-likeness (QED) is 0.854. The van der Waals surface area contributed by atoms with Crippen LogP contribution in [-0.2, 0) is 22.5 Å². The number of nitrogens with one attached hydrogen (secondary N) is 1. The second-order valence-corrected chi connectivity index (χ2v) is 7.78. The Labute approximate surface area is 150 Å². The lowest BCUT2D eigenvalue weighted by Gasteiger charge is -2.39. The molecular formula is C19H31N3O3. The van der Waals surface area contributed by atoms with Crippen LogP contribution >= 0.6 is 0 Å². The summed E-state index contributed by atoms with van der Waals surface area (Å²) in [7, 11) is 0. The van der Waals surface area contributed by atoms with Gasteiger partial charge in [0.25, 0.3) is 0 Å². The molecule has 0 aromatic carbocycles. The molecule has 1 aromatic heterocycles. The number of hydrogen-bond acceptors (Lipinski definition) is 5. The number of hydrogen-bond donors (Lipinski definition) is 1. The summed E-state index contributed by atoms with van der Waals surface area (Å²) in [6.45, 7) is 8.41. The third-order valence-electron chi connectivity index (χ3n) is 5.19. The molecule has 2 aliphatic rings. The van der Waals surface area contributed by atoms with Crippen LogP contribution in [0.15, 0.2) is 10.6 Å². The molecule has 0 saturated carbocycles. The zero-order valence-corrected chi connectivity index (χ0v) is 15.5. The van der Waals surface area contributed by atoms with Crippen LogP contribution in [0.2, 0.25) is 0 Å². The minimum atomic E-state index is 0.0784. The summed E-state index contributed by atoms with van der Waals surface area (Å²) in [6, 6.07) is 2.53. The lowest BCUT2D eigenvalue weighted by atomic mass is 9.94. The average Bonchev–Trinajstić information content (AvgIpc) is 3.07. The number of carbonyl (C=O) groups excluding carboxylic acids is 1. The first kappa shape index (κ1) is 18.4. The monoisotopic (exact) mass is 349 g/mol. The van der Waals surface area contributed by atoms with Crippen LogP contribution in [0.25, 0.3) is 0 Å². The standard InChI is InChI=1S/C19H31N3O3/c1-14(2)10-16-11-18(25-21-16)12-20-19(23)15-4-3-7-22(13-15)17-5-8-24-9-6-17/h11,14-15,17H,3-10,12-13H2,1-2H3,(H,20,23)/t15-/m0/s1. The van der Waals surface area contributed by atoms with E-state index in [1.807, 2.05) is 6.07 Å². The SMILES string of the molecule is CC(C)Cc1cc(CNC(=O)[C@H]2CCCN(C3CCOCC3)C2)on1. The van der Waals surface area contributed by atoms with Crippen LogP contribution in [0, 0.1) is 11.8 Å². The van der Waals surface area contributed by atoms with Gasteiger partial charge in [0.2, 0.25) is 5.91 Å². The molecule has 0 radical (unpaired) electrons. The van der Waals surface area contributed by atoms with Gasteiger partial charge < -0.3 is 14.6 Å². The highest BCUT2D eigenvalue weighted by atomic mass is 16.5. The largest absolute Gasteiger partial charge is 0.381 e. The molecule has 2 saturated heterocycles. The van der Waals surface area contributed by atoms with Gasteiger partial charge in [0, 0.05) is 31.9 Å². The summed E-state index contributed by atoms with van der Waals surface area (Å²) in [5.74, 6) is 1.50. The lowest BCUT2D eigenvalue weighted by Crippen LogP contribution is -2.48. The minimum absolute atomic E-state index is 0.0784. The first-order chi connectivity index (χ1) is 12.1. The highest BCUT2D eigenvalue weighted by Gasteiger charge is 2.30. The van der Waals surface area contributed by atoms with Gasteiger partial charge >= 0.3 is 0 Å². The van der Waals surface area contributed by atoms with Crippen LogP contribution in [-0.4, -0.2) is 48.3 Å². The Morgan fingerprint density at radius 1 is 1.36 bits per heavy atom. The maximum absolute atomic E-state index is 12.6. The number of rotatable bonds is 6. The lowest BCUT2D eigenvalue weighted by molar-refractivity contribution is -0.127. The zero-order valence-electron chi connectivity index (χ0n) is 15.5. The molecule has 3 heterocycles. The highest BCUT2D eigenvalue weighted by Crippen LogP contribution is 2.23. The van der Waals surface area contributed by atoms with Gasteiger partial charge in [0.05, 0.1) is 18.2 Å². The molecule has 2 aliphatic heterocycles. The molecule has 6 heteroatoms. The van der Waals surface area contributed by atoms with Crippen molar-refractivity contribution in [1.29, 1.82) is 0 Å². The van der Waals surface area contributed by atoms with Crippen molar-refractivity contribution < 1.29 is 14.1 Å². The van der Waals surface area contributed by atoms with E-state index in [2.05, 4.69) is 29.2 Å². The molecule has 0 bridgehead atoms. The van der Waals surface area contributed by atoms with Gasteiger partial charge in [0.1, 0.15) is 0 Å². The molecule has 6 nitrogen and oxygen atoms in total. The molecule has 1 N–H and O–H groups in total. The van der Waals surface area contributed by atoms with E-state index in [-0.39, 0.29) is 11.8 Å². The van der Waals surface area contributed by atoms with Gasteiger partial charge in [-0.25, -0.2) is 0 Å². The minimum Gasteiger partial charge on any atom is -0.381 e. The Kier molecular flexibility index (Phi) is 6.48. The van der Waals surface area contributed by atoms with E-state index >= 15 is 0 Å². The molecule has 0 spiro atoms. The van der Waals surface area contributed by atoms with Gasteiger partial charge in [-0.1, -0.05) is 19.0 Å². The van der Waals surface area contributed by atoms with E-state index in [1.54, 1.807) is 0 Å². The first-order valence-electron chi connectivity index (χ1n) is 9.66. The molecule has 1 atom stereocenters. The van der Waals surface area contributed by atoms with E-state index in [1.165, 1.54) is 0 Å². The van der Waals surface area contributed by atoms with Crippen LogP contribution in [0.3, 0.4) is 0 Å². The number of likely N-dealkylation sites (tertiary alicyclic amines) is 1. The molecule has 1 aromatic rings.